The van der Waals surface area contributed by atoms with Crippen LogP contribution in [0.3, 0.4) is 0 Å². The van der Waals surface area contributed by atoms with Gasteiger partial charge < -0.3 is 29.8 Å². The summed E-state index contributed by atoms with van der Waals surface area (Å²) in [5.41, 5.74) is 7.33. The van der Waals surface area contributed by atoms with E-state index in [0.29, 0.717) is 24.5 Å². The number of imidazole rings is 1. The maximum absolute atomic E-state index is 12.9. The first-order valence-electron chi connectivity index (χ1n) is 12.1. The van der Waals surface area contributed by atoms with E-state index >= 15 is 0 Å². The van der Waals surface area contributed by atoms with Gasteiger partial charge >= 0.3 is 5.97 Å². The first-order valence-corrected chi connectivity index (χ1v) is 12.1. The number of fused-ring (bicyclic) bond motifs is 1. The third-order valence-electron chi connectivity index (χ3n) is 6.02. The maximum Gasteiger partial charge on any atom is 0.328 e. The van der Waals surface area contributed by atoms with Crippen molar-refractivity contribution in [3.63, 3.8) is 0 Å². The van der Waals surface area contributed by atoms with Crippen molar-refractivity contribution in [1.29, 1.82) is 0 Å². The lowest BCUT2D eigenvalue weighted by molar-refractivity contribution is -0.154. The number of likely N-dealkylation sites (N-methyl/N-ethyl adjacent to an activating group) is 1. The van der Waals surface area contributed by atoms with Gasteiger partial charge in [0.25, 0.3) is 0 Å². The number of carbonyl (C=O) groups is 2. The SMILES string of the molecule is CC[C@H](CCC(=O)N(C)[C@@H](COC(C)(C)C)C(=O)O)n1c(N)nc2ccc(Oc3ccccc3)cc21. The van der Waals surface area contributed by atoms with E-state index in [1.54, 1.807) is 0 Å². The Morgan fingerprint density at radius 3 is 2.44 bits per heavy atom. The highest BCUT2D eigenvalue weighted by Gasteiger charge is 2.29. The highest BCUT2D eigenvalue weighted by molar-refractivity contribution is 5.84. The molecular weight excluding hydrogens is 460 g/mol. The molecule has 1 aromatic heterocycles. The van der Waals surface area contributed by atoms with E-state index in [9.17, 15) is 14.7 Å². The van der Waals surface area contributed by atoms with Gasteiger partial charge in [0.1, 0.15) is 11.5 Å². The summed E-state index contributed by atoms with van der Waals surface area (Å²) in [7, 11) is 1.50. The van der Waals surface area contributed by atoms with Gasteiger partial charge in [-0.05, 0) is 57.9 Å². The van der Waals surface area contributed by atoms with Crippen molar-refractivity contribution in [1.82, 2.24) is 14.5 Å². The van der Waals surface area contributed by atoms with Crippen molar-refractivity contribution >= 4 is 28.9 Å². The van der Waals surface area contributed by atoms with Gasteiger partial charge in [0.05, 0.1) is 23.2 Å². The second kappa shape index (κ2) is 11.4. The lowest BCUT2D eigenvalue weighted by atomic mass is 10.1. The topological polar surface area (TPSA) is 120 Å². The lowest BCUT2D eigenvalue weighted by Gasteiger charge is -2.29. The van der Waals surface area contributed by atoms with Gasteiger partial charge in [-0.25, -0.2) is 9.78 Å². The number of amides is 1. The minimum Gasteiger partial charge on any atom is -0.480 e. The van der Waals surface area contributed by atoms with Gasteiger partial charge in [0.15, 0.2) is 6.04 Å². The number of aliphatic carboxylic acids is 1. The summed E-state index contributed by atoms with van der Waals surface area (Å²) in [4.78, 5) is 30.5. The molecule has 0 saturated carbocycles. The summed E-state index contributed by atoms with van der Waals surface area (Å²) < 4.78 is 13.5. The lowest BCUT2D eigenvalue weighted by Crippen LogP contribution is -2.46. The van der Waals surface area contributed by atoms with Crippen molar-refractivity contribution in [3.8, 4) is 11.5 Å². The molecule has 0 unspecified atom stereocenters. The summed E-state index contributed by atoms with van der Waals surface area (Å²) in [6.45, 7) is 7.47. The second-order valence-electron chi connectivity index (χ2n) is 9.79. The highest BCUT2D eigenvalue weighted by Crippen LogP contribution is 2.32. The highest BCUT2D eigenvalue weighted by atomic mass is 16.5. The Morgan fingerprint density at radius 1 is 1.14 bits per heavy atom. The van der Waals surface area contributed by atoms with Gasteiger partial charge in [-0.1, -0.05) is 25.1 Å². The molecule has 0 aliphatic heterocycles. The molecule has 36 heavy (non-hydrogen) atoms. The van der Waals surface area contributed by atoms with E-state index in [0.717, 1.165) is 16.8 Å². The van der Waals surface area contributed by atoms with E-state index in [1.165, 1.54) is 11.9 Å². The largest absolute Gasteiger partial charge is 0.480 e. The molecule has 9 nitrogen and oxygen atoms in total. The molecule has 0 bridgehead atoms. The van der Waals surface area contributed by atoms with E-state index < -0.39 is 17.6 Å². The predicted molar refractivity (Wildman–Crippen MR) is 139 cm³/mol. The number of anilines is 1. The molecule has 0 spiro atoms. The average molecular weight is 497 g/mol. The van der Waals surface area contributed by atoms with E-state index in [2.05, 4.69) is 4.98 Å². The molecule has 3 N–H and O–H groups in total. The van der Waals surface area contributed by atoms with Crippen LogP contribution in [-0.4, -0.2) is 56.7 Å². The Morgan fingerprint density at radius 2 is 1.83 bits per heavy atom. The minimum atomic E-state index is -1.10. The minimum absolute atomic E-state index is 0.0818. The number of carboxylic acid groups (broad SMARTS) is 1. The fourth-order valence-electron chi connectivity index (χ4n) is 4.00. The number of carboxylic acids is 1. The van der Waals surface area contributed by atoms with Crippen LogP contribution in [0.5, 0.6) is 11.5 Å². The van der Waals surface area contributed by atoms with Crippen molar-refractivity contribution in [2.75, 3.05) is 19.4 Å². The Balaban J connectivity index is 1.75. The summed E-state index contributed by atoms with van der Waals surface area (Å²) in [5.74, 6) is 0.368. The van der Waals surface area contributed by atoms with E-state index in [-0.39, 0.29) is 25.0 Å². The summed E-state index contributed by atoms with van der Waals surface area (Å²) in [6.07, 6.45) is 1.35. The van der Waals surface area contributed by atoms with Crippen LogP contribution in [0.15, 0.2) is 48.5 Å². The van der Waals surface area contributed by atoms with E-state index in [1.807, 2.05) is 80.8 Å². The zero-order chi connectivity index (χ0) is 26.5. The smallest absolute Gasteiger partial charge is 0.328 e. The second-order valence-corrected chi connectivity index (χ2v) is 9.79. The number of aromatic nitrogens is 2. The number of para-hydroxylation sites is 1. The zero-order valence-corrected chi connectivity index (χ0v) is 21.6. The maximum atomic E-state index is 12.9. The zero-order valence-electron chi connectivity index (χ0n) is 21.6. The fourth-order valence-corrected chi connectivity index (χ4v) is 4.00. The molecule has 0 aliphatic rings. The molecule has 194 valence electrons. The van der Waals surface area contributed by atoms with Crippen molar-refractivity contribution in [2.45, 2.75) is 64.6 Å². The van der Waals surface area contributed by atoms with Crippen molar-refractivity contribution in [3.05, 3.63) is 48.5 Å². The summed E-state index contributed by atoms with van der Waals surface area (Å²) in [6, 6.07) is 13.9. The van der Waals surface area contributed by atoms with Crippen LogP contribution >= 0.6 is 0 Å². The first kappa shape index (κ1) is 27.0. The van der Waals surface area contributed by atoms with Crippen LogP contribution in [0.25, 0.3) is 11.0 Å². The van der Waals surface area contributed by atoms with Crippen molar-refractivity contribution in [2.24, 2.45) is 0 Å². The number of benzene rings is 2. The normalized spacial score (nSPS) is 13.4. The van der Waals surface area contributed by atoms with Crippen LogP contribution < -0.4 is 10.5 Å². The first-order chi connectivity index (χ1) is 17.0. The molecule has 0 aliphatic carbocycles. The molecule has 2 aromatic carbocycles. The third-order valence-corrected chi connectivity index (χ3v) is 6.02. The van der Waals surface area contributed by atoms with Crippen molar-refractivity contribution < 1.29 is 24.2 Å². The number of nitrogens with two attached hydrogens (primary N) is 1. The number of hydrogen-bond acceptors (Lipinski definition) is 6. The number of carbonyl (C=O) groups excluding carboxylic acids is 1. The number of ether oxygens (including phenoxy) is 2. The van der Waals surface area contributed by atoms with Crippen LogP contribution in [0.1, 0.15) is 53.0 Å². The number of nitrogens with zero attached hydrogens (tertiary/aromatic N) is 3. The number of rotatable bonds is 11. The Labute approximate surface area is 211 Å². The molecule has 0 fully saturated rings. The van der Waals surface area contributed by atoms with E-state index in [4.69, 9.17) is 15.2 Å². The fraction of sp³-hybridized carbons (Fsp3) is 0.444. The molecule has 1 heterocycles. The summed E-state index contributed by atoms with van der Waals surface area (Å²) in [5, 5.41) is 9.64. The van der Waals surface area contributed by atoms with Gasteiger partial charge in [-0.2, -0.15) is 0 Å². The van der Waals surface area contributed by atoms with Crippen LogP contribution in [0.4, 0.5) is 5.95 Å². The van der Waals surface area contributed by atoms with Gasteiger partial charge in [0, 0.05) is 25.6 Å². The van der Waals surface area contributed by atoms with Crippen LogP contribution in [0.2, 0.25) is 0 Å². The molecule has 3 aromatic rings. The van der Waals surface area contributed by atoms with Crippen LogP contribution in [-0.2, 0) is 14.3 Å². The predicted octanol–water partition coefficient (Wildman–Crippen LogP) is 4.87. The Bertz CT molecular complexity index is 1190. The molecule has 2 atom stereocenters. The number of nitrogen functional groups attached to an aromatic ring is 1. The summed E-state index contributed by atoms with van der Waals surface area (Å²) >= 11 is 0. The third kappa shape index (κ3) is 6.75. The molecular formula is C27H36N4O5. The van der Waals surface area contributed by atoms with Gasteiger partial charge in [-0.3, -0.25) is 4.79 Å². The molecule has 0 saturated heterocycles. The molecule has 9 heteroatoms. The number of hydrogen-bond donors (Lipinski definition) is 2. The average Bonchev–Trinajstić information content (AvgIpc) is 3.14. The van der Waals surface area contributed by atoms with Gasteiger partial charge in [-0.15, -0.1) is 0 Å². The Kier molecular flexibility index (Phi) is 8.57. The quantitative estimate of drug-likeness (QED) is 0.389. The van der Waals surface area contributed by atoms with Gasteiger partial charge in [0.2, 0.25) is 11.9 Å². The van der Waals surface area contributed by atoms with Crippen LogP contribution in [0, 0.1) is 0 Å². The standard InChI is InChI=1S/C27H36N4O5/c1-6-18(12-15-24(32)30(5)23(25(33)34)17-35-27(2,3)4)31-22-16-20(13-14-21(22)29-26(31)28)36-19-10-8-7-9-11-19/h7-11,13-14,16,18,23H,6,12,15,17H2,1-5H3,(H2,28,29)(H,33,34)/t18-,23+/m1/s1. The Hall–Kier alpha value is -3.59. The molecule has 0 radical (unpaired) electrons. The monoisotopic (exact) mass is 496 g/mol. The molecule has 3 rings (SSSR count). The molecule has 1 amide bonds.